The minimum atomic E-state index is -0.993. The lowest BCUT2D eigenvalue weighted by atomic mass is 10.0. The third-order valence-electron chi connectivity index (χ3n) is 3.87. The van der Waals surface area contributed by atoms with Crippen molar-refractivity contribution in [1.29, 1.82) is 0 Å². The number of nitrogens with zero attached hydrogens (tertiary/aromatic N) is 3. The fourth-order valence-electron chi connectivity index (χ4n) is 3.02. The number of carboxylic acid groups (broad SMARTS) is 1. The molecule has 2 unspecified atom stereocenters. The van der Waals surface area contributed by atoms with Crippen LogP contribution in [0.5, 0.6) is 0 Å². The highest BCUT2D eigenvalue weighted by Crippen LogP contribution is 2.38. The molecule has 1 N–H and O–H groups in total. The Balaban J connectivity index is 1.81. The van der Waals surface area contributed by atoms with E-state index in [-0.39, 0.29) is 5.69 Å². The highest BCUT2D eigenvalue weighted by molar-refractivity contribution is 5.85. The SMILES string of the molecule is O=C(O)c1ccnc(N2CC3CCCC3C2)n1. The fraction of sp³-hybridized carbons (Fsp3) is 0.583. The van der Waals surface area contributed by atoms with Crippen LogP contribution in [0.4, 0.5) is 5.95 Å². The molecule has 0 bridgehead atoms. The lowest BCUT2D eigenvalue weighted by Gasteiger charge is -2.16. The van der Waals surface area contributed by atoms with Crippen LogP contribution in [-0.4, -0.2) is 34.1 Å². The molecule has 1 saturated carbocycles. The van der Waals surface area contributed by atoms with Crippen molar-refractivity contribution in [1.82, 2.24) is 9.97 Å². The topological polar surface area (TPSA) is 66.3 Å². The molecule has 0 radical (unpaired) electrons. The number of hydrogen-bond acceptors (Lipinski definition) is 4. The number of aromatic carboxylic acids is 1. The largest absolute Gasteiger partial charge is 0.477 e. The predicted molar refractivity (Wildman–Crippen MR) is 62.0 cm³/mol. The molecule has 17 heavy (non-hydrogen) atoms. The Hall–Kier alpha value is -1.65. The zero-order valence-corrected chi connectivity index (χ0v) is 9.54. The van der Waals surface area contributed by atoms with Gasteiger partial charge in [-0.1, -0.05) is 6.42 Å². The van der Waals surface area contributed by atoms with Crippen LogP contribution in [0.3, 0.4) is 0 Å². The number of hydrogen-bond donors (Lipinski definition) is 1. The monoisotopic (exact) mass is 233 g/mol. The average molecular weight is 233 g/mol. The molecule has 1 saturated heterocycles. The van der Waals surface area contributed by atoms with Gasteiger partial charge in [0.25, 0.3) is 0 Å². The molecular formula is C12H15N3O2. The van der Waals surface area contributed by atoms with Crippen molar-refractivity contribution in [3.05, 3.63) is 18.0 Å². The average Bonchev–Trinajstić information content (AvgIpc) is 2.89. The van der Waals surface area contributed by atoms with Crippen molar-refractivity contribution >= 4 is 11.9 Å². The van der Waals surface area contributed by atoms with Crippen molar-refractivity contribution in [2.45, 2.75) is 19.3 Å². The molecule has 1 aliphatic heterocycles. The molecule has 1 aromatic heterocycles. The normalized spacial score (nSPS) is 27.2. The van der Waals surface area contributed by atoms with E-state index in [2.05, 4.69) is 14.9 Å². The zero-order chi connectivity index (χ0) is 11.8. The molecule has 90 valence electrons. The Bertz CT molecular complexity index is 437. The third kappa shape index (κ3) is 1.85. The summed E-state index contributed by atoms with van der Waals surface area (Å²) < 4.78 is 0. The number of rotatable bonds is 2. The number of aromatic nitrogens is 2. The number of carboxylic acids is 1. The molecule has 0 amide bonds. The maximum Gasteiger partial charge on any atom is 0.354 e. The van der Waals surface area contributed by atoms with E-state index < -0.39 is 5.97 Å². The van der Waals surface area contributed by atoms with Gasteiger partial charge >= 0.3 is 5.97 Å². The van der Waals surface area contributed by atoms with E-state index in [0.717, 1.165) is 24.9 Å². The molecule has 5 heteroatoms. The summed E-state index contributed by atoms with van der Waals surface area (Å²) in [5.74, 6) is 1.09. The van der Waals surface area contributed by atoms with Gasteiger partial charge in [0.2, 0.25) is 5.95 Å². The Kier molecular flexibility index (Phi) is 2.46. The summed E-state index contributed by atoms with van der Waals surface area (Å²) in [4.78, 5) is 21.3. The van der Waals surface area contributed by atoms with Gasteiger partial charge in [0.1, 0.15) is 0 Å². The molecular weight excluding hydrogens is 218 g/mol. The molecule has 0 aromatic carbocycles. The zero-order valence-electron chi connectivity index (χ0n) is 9.54. The van der Waals surface area contributed by atoms with Crippen molar-refractivity contribution in [3.63, 3.8) is 0 Å². The molecule has 2 aliphatic rings. The lowest BCUT2D eigenvalue weighted by Crippen LogP contribution is -2.23. The fourth-order valence-corrected chi connectivity index (χ4v) is 3.02. The highest BCUT2D eigenvalue weighted by Gasteiger charge is 2.37. The van der Waals surface area contributed by atoms with E-state index in [0.29, 0.717) is 5.95 Å². The number of anilines is 1. The predicted octanol–water partition coefficient (Wildman–Crippen LogP) is 1.41. The van der Waals surface area contributed by atoms with Crippen LogP contribution in [0.15, 0.2) is 12.3 Å². The maximum atomic E-state index is 10.9. The van der Waals surface area contributed by atoms with E-state index in [1.54, 1.807) is 0 Å². The van der Waals surface area contributed by atoms with Crippen LogP contribution < -0.4 is 4.90 Å². The van der Waals surface area contributed by atoms with Gasteiger partial charge in [0.05, 0.1) is 0 Å². The summed E-state index contributed by atoms with van der Waals surface area (Å²) >= 11 is 0. The van der Waals surface area contributed by atoms with Crippen LogP contribution in [-0.2, 0) is 0 Å². The first-order chi connectivity index (χ1) is 8.24. The van der Waals surface area contributed by atoms with Crippen molar-refractivity contribution < 1.29 is 9.90 Å². The molecule has 1 aromatic rings. The molecule has 3 rings (SSSR count). The summed E-state index contributed by atoms with van der Waals surface area (Å²) in [6, 6.07) is 1.43. The van der Waals surface area contributed by atoms with E-state index in [1.807, 2.05) is 0 Å². The second-order valence-corrected chi connectivity index (χ2v) is 4.90. The second kappa shape index (κ2) is 3.98. The second-order valence-electron chi connectivity index (χ2n) is 4.90. The molecule has 2 atom stereocenters. The molecule has 1 aliphatic carbocycles. The Morgan fingerprint density at radius 3 is 2.71 bits per heavy atom. The van der Waals surface area contributed by atoms with Gasteiger partial charge in [-0.2, -0.15) is 0 Å². The Morgan fingerprint density at radius 2 is 2.06 bits per heavy atom. The summed E-state index contributed by atoms with van der Waals surface area (Å²) in [7, 11) is 0. The smallest absolute Gasteiger partial charge is 0.354 e. The van der Waals surface area contributed by atoms with Gasteiger partial charge in [0, 0.05) is 19.3 Å². The first-order valence-corrected chi connectivity index (χ1v) is 6.05. The van der Waals surface area contributed by atoms with Crippen molar-refractivity contribution in [2.24, 2.45) is 11.8 Å². The number of fused-ring (bicyclic) bond motifs is 1. The van der Waals surface area contributed by atoms with E-state index in [9.17, 15) is 4.79 Å². The van der Waals surface area contributed by atoms with Crippen LogP contribution >= 0.6 is 0 Å². The van der Waals surface area contributed by atoms with Gasteiger partial charge in [-0.3, -0.25) is 0 Å². The Labute approximate surface area is 99.5 Å². The Morgan fingerprint density at radius 1 is 1.35 bits per heavy atom. The standard InChI is InChI=1S/C12H15N3O2/c16-11(17)10-4-5-13-12(14-10)15-6-8-2-1-3-9(8)7-15/h4-5,8-9H,1-3,6-7H2,(H,16,17). The van der Waals surface area contributed by atoms with E-state index in [4.69, 9.17) is 5.11 Å². The van der Waals surface area contributed by atoms with Gasteiger partial charge in [0.15, 0.2) is 5.69 Å². The third-order valence-corrected chi connectivity index (χ3v) is 3.87. The summed E-state index contributed by atoms with van der Waals surface area (Å²) in [5, 5.41) is 8.90. The minimum Gasteiger partial charge on any atom is -0.477 e. The van der Waals surface area contributed by atoms with Crippen molar-refractivity contribution in [3.8, 4) is 0 Å². The van der Waals surface area contributed by atoms with Crippen LogP contribution in [0.2, 0.25) is 0 Å². The van der Waals surface area contributed by atoms with Crippen LogP contribution in [0.1, 0.15) is 29.8 Å². The number of carbonyl (C=O) groups is 1. The quantitative estimate of drug-likeness (QED) is 0.836. The molecule has 2 heterocycles. The van der Waals surface area contributed by atoms with Crippen LogP contribution in [0, 0.1) is 11.8 Å². The van der Waals surface area contributed by atoms with Gasteiger partial charge in [-0.25, -0.2) is 14.8 Å². The minimum absolute atomic E-state index is 0.0760. The van der Waals surface area contributed by atoms with Crippen molar-refractivity contribution in [2.75, 3.05) is 18.0 Å². The summed E-state index contributed by atoms with van der Waals surface area (Å²) in [5.41, 5.74) is 0.0760. The summed E-state index contributed by atoms with van der Waals surface area (Å²) in [6.07, 6.45) is 5.44. The highest BCUT2D eigenvalue weighted by atomic mass is 16.4. The van der Waals surface area contributed by atoms with Crippen LogP contribution in [0.25, 0.3) is 0 Å². The van der Waals surface area contributed by atoms with E-state index in [1.165, 1.54) is 31.5 Å². The van der Waals surface area contributed by atoms with Gasteiger partial charge in [-0.05, 0) is 30.7 Å². The molecule has 2 fully saturated rings. The van der Waals surface area contributed by atoms with Gasteiger partial charge in [-0.15, -0.1) is 0 Å². The summed E-state index contributed by atoms with van der Waals surface area (Å²) in [6.45, 7) is 1.96. The maximum absolute atomic E-state index is 10.9. The first-order valence-electron chi connectivity index (χ1n) is 6.05. The molecule has 5 nitrogen and oxygen atoms in total. The first kappa shape index (κ1) is 10.5. The van der Waals surface area contributed by atoms with Gasteiger partial charge < -0.3 is 10.0 Å². The lowest BCUT2D eigenvalue weighted by molar-refractivity contribution is 0.0690. The molecule has 0 spiro atoms. The van der Waals surface area contributed by atoms with E-state index >= 15 is 0 Å².